The number of carbonyl (C=O) groups excluding carboxylic acids is 1. The van der Waals surface area contributed by atoms with Gasteiger partial charge in [0.2, 0.25) is 0 Å². The van der Waals surface area contributed by atoms with Gasteiger partial charge in [-0.1, -0.05) is 12.1 Å². The van der Waals surface area contributed by atoms with E-state index in [4.69, 9.17) is 9.47 Å². The van der Waals surface area contributed by atoms with Crippen LogP contribution in [-0.4, -0.2) is 49.3 Å². The molecule has 3 rings (SSSR count). The average Bonchev–Trinajstić information content (AvgIpc) is 2.79. The Bertz CT molecular complexity index is 517. The Labute approximate surface area is 131 Å². The molecule has 1 aromatic rings. The summed E-state index contributed by atoms with van der Waals surface area (Å²) in [5.74, 6) is 0.754. The van der Waals surface area contributed by atoms with E-state index in [9.17, 15) is 4.79 Å². The maximum Gasteiger partial charge on any atom is 0.324 e. The van der Waals surface area contributed by atoms with Crippen molar-refractivity contribution in [2.24, 2.45) is 0 Å². The van der Waals surface area contributed by atoms with Gasteiger partial charge in [-0.05, 0) is 37.5 Å². The molecule has 2 heterocycles. The molecule has 0 amide bonds. The van der Waals surface area contributed by atoms with E-state index in [1.165, 1.54) is 5.56 Å². The topological polar surface area (TPSA) is 50.8 Å². The Kier molecular flexibility index (Phi) is 4.64. The van der Waals surface area contributed by atoms with E-state index in [-0.39, 0.29) is 18.1 Å². The number of benzene rings is 1. The highest BCUT2D eigenvalue weighted by molar-refractivity contribution is 5.77. The van der Waals surface area contributed by atoms with Crippen molar-refractivity contribution in [1.29, 1.82) is 0 Å². The van der Waals surface area contributed by atoms with Gasteiger partial charge in [-0.2, -0.15) is 0 Å². The number of hydrogen-bond acceptors (Lipinski definition) is 5. The molecular formula is C17H24N2O3. The minimum absolute atomic E-state index is 0.118. The Morgan fingerprint density at radius 2 is 2.09 bits per heavy atom. The second kappa shape index (κ2) is 6.67. The van der Waals surface area contributed by atoms with Gasteiger partial charge in [-0.3, -0.25) is 9.69 Å². The van der Waals surface area contributed by atoms with Crippen LogP contribution in [0, 0.1) is 0 Å². The molecule has 5 heteroatoms. The molecule has 3 unspecified atom stereocenters. The lowest BCUT2D eigenvalue weighted by Gasteiger charge is -2.39. The molecule has 1 aromatic carbocycles. The summed E-state index contributed by atoms with van der Waals surface area (Å²) in [6, 6.07) is 8.72. The van der Waals surface area contributed by atoms with Crippen LogP contribution in [0.4, 0.5) is 0 Å². The summed E-state index contributed by atoms with van der Waals surface area (Å²) in [5, 5.41) is 3.36. The van der Waals surface area contributed by atoms with Crippen LogP contribution in [0.5, 0.6) is 5.75 Å². The molecule has 120 valence electrons. The standard InChI is InChI=1S/C17H24N2O3/c1-3-22-17(20)16-15-9-6-13(10-18-16)19(15)11-12-4-7-14(21-2)8-5-12/h4-5,7-8,13,15-16,18H,3,6,9-11H2,1-2H3. The quantitative estimate of drug-likeness (QED) is 0.837. The van der Waals surface area contributed by atoms with Crippen LogP contribution in [-0.2, 0) is 16.1 Å². The number of esters is 1. The van der Waals surface area contributed by atoms with Gasteiger partial charge in [0.05, 0.1) is 13.7 Å². The average molecular weight is 304 g/mol. The van der Waals surface area contributed by atoms with Gasteiger partial charge >= 0.3 is 5.97 Å². The molecule has 0 aliphatic carbocycles. The molecule has 0 saturated carbocycles. The van der Waals surface area contributed by atoms with Gasteiger partial charge in [0.15, 0.2) is 0 Å². The fourth-order valence-corrected chi connectivity index (χ4v) is 3.60. The van der Waals surface area contributed by atoms with Gasteiger partial charge in [0, 0.05) is 25.2 Å². The second-order valence-corrected chi connectivity index (χ2v) is 5.96. The maximum atomic E-state index is 12.1. The van der Waals surface area contributed by atoms with Gasteiger partial charge < -0.3 is 14.8 Å². The minimum Gasteiger partial charge on any atom is -0.497 e. The van der Waals surface area contributed by atoms with Crippen molar-refractivity contribution in [3.63, 3.8) is 0 Å². The number of fused-ring (bicyclic) bond motifs is 2. The number of ether oxygens (including phenoxy) is 2. The highest BCUT2D eigenvalue weighted by Gasteiger charge is 2.45. The highest BCUT2D eigenvalue weighted by Crippen LogP contribution is 2.32. The first-order valence-corrected chi connectivity index (χ1v) is 8.01. The summed E-state index contributed by atoms with van der Waals surface area (Å²) in [5.41, 5.74) is 1.25. The molecule has 2 fully saturated rings. The van der Waals surface area contributed by atoms with Crippen LogP contribution < -0.4 is 10.1 Å². The van der Waals surface area contributed by atoms with Crippen molar-refractivity contribution in [3.8, 4) is 5.75 Å². The van der Waals surface area contributed by atoms with E-state index in [0.29, 0.717) is 12.6 Å². The zero-order valence-electron chi connectivity index (χ0n) is 13.2. The smallest absolute Gasteiger partial charge is 0.324 e. The first-order valence-electron chi connectivity index (χ1n) is 8.01. The summed E-state index contributed by atoms with van der Waals surface area (Å²) in [6.07, 6.45) is 2.20. The van der Waals surface area contributed by atoms with E-state index in [1.807, 2.05) is 19.1 Å². The number of piperazine rings is 1. The van der Waals surface area contributed by atoms with Crippen LogP contribution in [0.15, 0.2) is 24.3 Å². The summed E-state index contributed by atoms with van der Waals surface area (Å²) in [4.78, 5) is 14.6. The minimum atomic E-state index is -0.197. The van der Waals surface area contributed by atoms with Crippen LogP contribution in [0.25, 0.3) is 0 Å². The lowest BCUT2D eigenvalue weighted by Crippen LogP contribution is -2.60. The van der Waals surface area contributed by atoms with Crippen LogP contribution in [0.2, 0.25) is 0 Å². The number of nitrogens with zero attached hydrogens (tertiary/aromatic N) is 1. The molecule has 2 saturated heterocycles. The summed E-state index contributed by atoms with van der Waals surface area (Å²) in [7, 11) is 1.68. The fraction of sp³-hybridized carbons (Fsp3) is 0.588. The van der Waals surface area contributed by atoms with Crippen molar-refractivity contribution in [2.45, 2.75) is 44.4 Å². The molecule has 2 aliphatic rings. The molecule has 0 spiro atoms. The first kappa shape index (κ1) is 15.3. The van der Waals surface area contributed by atoms with Crippen molar-refractivity contribution < 1.29 is 14.3 Å². The third-order valence-electron chi connectivity index (χ3n) is 4.71. The zero-order valence-corrected chi connectivity index (χ0v) is 13.2. The summed E-state index contributed by atoms with van der Waals surface area (Å²) in [6.45, 7) is 4.02. The summed E-state index contributed by atoms with van der Waals surface area (Å²) >= 11 is 0. The Hall–Kier alpha value is -1.59. The first-order chi connectivity index (χ1) is 10.7. The van der Waals surface area contributed by atoms with E-state index in [0.717, 1.165) is 31.7 Å². The van der Waals surface area contributed by atoms with Gasteiger partial charge in [0.25, 0.3) is 0 Å². The molecular weight excluding hydrogens is 280 g/mol. The number of methoxy groups -OCH3 is 1. The Morgan fingerprint density at radius 1 is 1.32 bits per heavy atom. The van der Waals surface area contributed by atoms with E-state index in [2.05, 4.69) is 22.3 Å². The molecule has 5 nitrogen and oxygen atoms in total. The van der Waals surface area contributed by atoms with Crippen molar-refractivity contribution in [3.05, 3.63) is 29.8 Å². The van der Waals surface area contributed by atoms with E-state index >= 15 is 0 Å². The predicted molar refractivity (Wildman–Crippen MR) is 83.8 cm³/mol. The van der Waals surface area contributed by atoms with Gasteiger partial charge in [-0.15, -0.1) is 0 Å². The molecule has 2 aliphatic heterocycles. The van der Waals surface area contributed by atoms with Gasteiger partial charge in [-0.25, -0.2) is 0 Å². The fourth-order valence-electron chi connectivity index (χ4n) is 3.60. The number of rotatable bonds is 5. The molecule has 22 heavy (non-hydrogen) atoms. The third kappa shape index (κ3) is 2.96. The molecule has 2 bridgehead atoms. The molecule has 0 aromatic heterocycles. The maximum absolute atomic E-state index is 12.1. The molecule has 1 N–H and O–H groups in total. The van der Waals surface area contributed by atoms with E-state index < -0.39 is 0 Å². The Balaban J connectivity index is 1.71. The lowest BCUT2D eigenvalue weighted by atomic mass is 10.0. The number of nitrogens with one attached hydrogen (secondary N) is 1. The van der Waals surface area contributed by atoms with Crippen molar-refractivity contribution in [2.75, 3.05) is 20.3 Å². The monoisotopic (exact) mass is 304 g/mol. The molecule has 0 radical (unpaired) electrons. The lowest BCUT2D eigenvalue weighted by molar-refractivity contribution is -0.148. The van der Waals surface area contributed by atoms with Crippen molar-refractivity contribution >= 4 is 5.97 Å². The summed E-state index contributed by atoms with van der Waals surface area (Å²) < 4.78 is 10.4. The third-order valence-corrected chi connectivity index (χ3v) is 4.71. The van der Waals surface area contributed by atoms with Crippen LogP contribution in [0.1, 0.15) is 25.3 Å². The SMILES string of the molecule is CCOC(=O)C1NCC2CCC1N2Cc1ccc(OC)cc1. The molecule has 3 atom stereocenters. The number of carbonyl (C=O) groups is 1. The highest BCUT2D eigenvalue weighted by atomic mass is 16.5. The zero-order chi connectivity index (χ0) is 15.5. The van der Waals surface area contributed by atoms with Gasteiger partial charge in [0.1, 0.15) is 11.8 Å². The van der Waals surface area contributed by atoms with Crippen molar-refractivity contribution in [1.82, 2.24) is 10.2 Å². The normalized spacial score (nSPS) is 27.6. The predicted octanol–water partition coefficient (Wildman–Crippen LogP) is 1.56. The largest absolute Gasteiger partial charge is 0.497 e. The van der Waals surface area contributed by atoms with E-state index in [1.54, 1.807) is 7.11 Å². The number of hydrogen-bond donors (Lipinski definition) is 1. The second-order valence-electron chi connectivity index (χ2n) is 5.96. The van der Waals surface area contributed by atoms with Crippen LogP contribution >= 0.6 is 0 Å². The van der Waals surface area contributed by atoms with Crippen LogP contribution in [0.3, 0.4) is 0 Å². The Morgan fingerprint density at radius 3 is 2.77 bits per heavy atom.